The highest BCUT2D eigenvalue weighted by Crippen LogP contribution is 2.32. The van der Waals surface area contributed by atoms with Crippen LogP contribution in [0.1, 0.15) is 47.4 Å². The van der Waals surface area contributed by atoms with Crippen molar-refractivity contribution in [3.8, 4) is 11.5 Å². The van der Waals surface area contributed by atoms with Gasteiger partial charge in [-0.1, -0.05) is 60.7 Å². The zero-order chi connectivity index (χ0) is 24.3. The monoisotopic (exact) mass is 462 g/mol. The summed E-state index contributed by atoms with van der Waals surface area (Å²) in [7, 11) is 3.04. The van der Waals surface area contributed by atoms with Crippen LogP contribution in [0.4, 0.5) is 0 Å². The third kappa shape index (κ3) is 6.45. The van der Waals surface area contributed by atoms with Gasteiger partial charge in [-0.15, -0.1) is 0 Å². The molecule has 3 aromatic carbocycles. The highest BCUT2D eigenvalue weighted by atomic mass is 16.5. The Morgan fingerprint density at radius 2 is 1.44 bits per heavy atom. The lowest BCUT2D eigenvalue weighted by molar-refractivity contribution is -0.143. The van der Waals surface area contributed by atoms with Crippen LogP contribution in [0.15, 0.2) is 78.9 Å². The lowest BCUT2D eigenvalue weighted by atomic mass is 9.98. The fourth-order valence-electron chi connectivity index (χ4n) is 3.69. The molecule has 0 aliphatic heterocycles. The van der Waals surface area contributed by atoms with Crippen molar-refractivity contribution in [3.05, 3.63) is 95.6 Å². The first-order valence-corrected chi connectivity index (χ1v) is 11.2. The van der Waals surface area contributed by atoms with E-state index < -0.39 is 12.2 Å². The van der Waals surface area contributed by atoms with Gasteiger partial charge in [-0.25, -0.2) is 0 Å². The fourth-order valence-corrected chi connectivity index (χ4v) is 3.69. The Morgan fingerprint density at radius 1 is 0.824 bits per heavy atom. The van der Waals surface area contributed by atoms with E-state index in [2.05, 4.69) is 0 Å². The number of hydrogen-bond acceptors (Lipinski definition) is 6. The SMILES string of the molecule is CCOC(=O)CC[C@H](OC(c1ccccc1)c1ccccc1)C(=O)c1cc(OC)ccc1OC. The van der Waals surface area contributed by atoms with E-state index in [0.29, 0.717) is 17.1 Å². The number of ketones is 1. The van der Waals surface area contributed by atoms with Crippen molar-refractivity contribution in [1.29, 1.82) is 0 Å². The van der Waals surface area contributed by atoms with E-state index in [1.165, 1.54) is 14.2 Å². The first-order valence-electron chi connectivity index (χ1n) is 11.2. The Bertz CT molecular complexity index is 1030. The molecule has 0 bridgehead atoms. The summed E-state index contributed by atoms with van der Waals surface area (Å²) in [5.41, 5.74) is 2.14. The molecule has 0 saturated heterocycles. The molecule has 0 unspecified atom stereocenters. The predicted octanol–water partition coefficient (Wildman–Crippen LogP) is 5.40. The van der Waals surface area contributed by atoms with Gasteiger partial charge in [0.1, 0.15) is 23.7 Å². The van der Waals surface area contributed by atoms with E-state index >= 15 is 0 Å². The number of benzene rings is 3. The quantitative estimate of drug-likeness (QED) is 0.265. The van der Waals surface area contributed by atoms with Gasteiger partial charge in [0.2, 0.25) is 0 Å². The van der Waals surface area contributed by atoms with Crippen molar-refractivity contribution >= 4 is 11.8 Å². The lowest BCUT2D eigenvalue weighted by Crippen LogP contribution is -2.28. The number of rotatable bonds is 12. The van der Waals surface area contributed by atoms with Crippen molar-refractivity contribution in [2.24, 2.45) is 0 Å². The number of carbonyl (C=O) groups excluding carboxylic acids is 2. The molecular formula is C28H30O6. The minimum atomic E-state index is -0.921. The molecule has 0 fully saturated rings. The Kier molecular flexibility index (Phi) is 9.23. The predicted molar refractivity (Wildman–Crippen MR) is 129 cm³/mol. The van der Waals surface area contributed by atoms with Crippen LogP contribution in [0.25, 0.3) is 0 Å². The average Bonchev–Trinajstić information content (AvgIpc) is 2.89. The lowest BCUT2D eigenvalue weighted by Gasteiger charge is -2.25. The molecule has 0 aliphatic carbocycles. The molecule has 178 valence electrons. The molecule has 6 heteroatoms. The van der Waals surface area contributed by atoms with Crippen LogP contribution in [0, 0.1) is 0 Å². The Morgan fingerprint density at radius 3 is 1.97 bits per heavy atom. The second-order valence-corrected chi connectivity index (χ2v) is 7.60. The molecule has 0 aromatic heterocycles. The molecule has 0 N–H and O–H groups in total. The molecule has 0 aliphatic rings. The van der Waals surface area contributed by atoms with Crippen LogP contribution in [-0.2, 0) is 14.3 Å². The summed E-state index contributed by atoms with van der Waals surface area (Å²) in [6.45, 7) is 2.03. The zero-order valence-electron chi connectivity index (χ0n) is 19.7. The summed E-state index contributed by atoms with van der Waals surface area (Å²) in [5.74, 6) is 0.261. The van der Waals surface area contributed by atoms with Crippen LogP contribution >= 0.6 is 0 Å². The van der Waals surface area contributed by atoms with Gasteiger partial charge < -0.3 is 18.9 Å². The van der Waals surface area contributed by atoms with Crippen LogP contribution < -0.4 is 9.47 Å². The summed E-state index contributed by atoms with van der Waals surface area (Å²) < 4.78 is 22.3. The van der Waals surface area contributed by atoms with E-state index in [4.69, 9.17) is 18.9 Å². The highest BCUT2D eigenvalue weighted by molar-refractivity contribution is 6.02. The second kappa shape index (κ2) is 12.6. The number of hydrogen-bond donors (Lipinski definition) is 0. The summed E-state index contributed by atoms with van der Waals surface area (Å²) in [5, 5.41) is 0. The van der Waals surface area contributed by atoms with Gasteiger partial charge in [-0.05, 0) is 42.7 Å². The number of methoxy groups -OCH3 is 2. The van der Waals surface area contributed by atoms with E-state index in [1.54, 1.807) is 25.1 Å². The molecule has 0 spiro atoms. The van der Waals surface area contributed by atoms with E-state index in [9.17, 15) is 9.59 Å². The number of Topliss-reactive ketones (excluding diaryl/α,β-unsaturated/α-hetero) is 1. The molecule has 3 rings (SSSR count). The van der Waals surface area contributed by atoms with Gasteiger partial charge in [-0.2, -0.15) is 0 Å². The maximum Gasteiger partial charge on any atom is 0.305 e. The third-order valence-corrected chi connectivity index (χ3v) is 5.39. The summed E-state index contributed by atoms with van der Waals surface area (Å²) in [6, 6.07) is 24.4. The van der Waals surface area contributed by atoms with Crippen molar-refractivity contribution < 1.29 is 28.5 Å². The molecular weight excluding hydrogens is 432 g/mol. The zero-order valence-corrected chi connectivity index (χ0v) is 19.7. The van der Waals surface area contributed by atoms with Crippen molar-refractivity contribution in [1.82, 2.24) is 0 Å². The van der Waals surface area contributed by atoms with Crippen LogP contribution in [0.5, 0.6) is 11.5 Å². The standard InChI is InChI=1S/C28H30O6/c1-4-33-26(29)18-17-25(27(30)23-19-22(31-2)15-16-24(23)32-3)34-28(20-11-7-5-8-12-20)21-13-9-6-10-14-21/h5-16,19,25,28H,4,17-18H2,1-3H3/t25-/m0/s1. The summed E-state index contributed by atoms with van der Waals surface area (Å²) in [4.78, 5) is 25.9. The van der Waals surface area contributed by atoms with Gasteiger partial charge in [0, 0.05) is 6.42 Å². The van der Waals surface area contributed by atoms with Crippen molar-refractivity contribution in [2.75, 3.05) is 20.8 Å². The fraction of sp³-hybridized carbons (Fsp3) is 0.286. The minimum absolute atomic E-state index is 0.0484. The van der Waals surface area contributed by atoms with Crippen LogP contribution in [0.2, 0.25) is 0 Å². The Labute approximate surface area is 200 Å². The van der Waals surface area contributed by atoms with Crippen LogP contribution in [-0.4, -0.2) is 38.7 Å². The Hall–Kier alpha value is -3.64. The van der Waals surface area contributed by atoms with Crippen molar-refractivity contribution in [2.45, 2.75) is 32.0 Å². The number of esters is 1. The number of ether oxygens (including phenoxy) is 4. The molecule has 0 saturated carbocycles. The van der Waals surface area contributed by atoms with Crippen LogP contribution in [0.3, 0.4) is 0 Å². The first kappa shape index (κ1) is 25.0. The summed E-state index contributed by atoms with van der Waals surface area (Å²) >= 11 is 0. The van der Waals surface area contributed by atoms with E-state index in [0.717, 1.165) is 11.1 Å². The first-order chi connectivity index (χ1) is 16.6. The van der Waals surface area contributed by atoms with E-state index in [1.807, 2.05) is 60.7 Å². The maximum atomic E-state index is 13.7. The molecule has 6 nitrogen and oxygen atoms in total. The van der Waals surface area contributed by atoms with Gasteiger partial charge in [-0.3, -0.25) is 9.59 Å². The molecule has 0 amide bonds. The molecule has 1 atom stereocenters. The normalized spacial score (nSPS) is 11.6. The number of carbonyl (C=O) groups is 2. The van der Waals surface area contributed by atoms with Gasteiger partial charge in [0.15, 0.2) is 5.78 Å². The third-order valence-electron chi connectivity index (χ3n) is 5.39. The highest BCUT2D eigenvalue weighted by Gasteiger charge is 2.29. The Balaban J connectivity index is 1.99. The average molecular weight is 463 g/mol. The van der Waals surface area contributed by atoms with E-state index in [-0.39, 0.29) is 31.2 Å². The molecule has 0 heterocycles. The van der Waals surface area contributed by atoms with Gasteiger partial charge in [0.25, 0.3) is 0 Å². The van der Waals surface area contributed by atoms with Gasteiger partial charge >= 0.3 is 5.97 Å². The second-order valence-electron chi connectivity index (χ2n) is 7.60. The largest absolute Gasteiger partial charge is 0.497 e. The topological polar surface area (TPSA) is 71.1 Å². The van der Waals surface area contributed by atoms with Gasteiger partial charge in [0.05, 0.1) is 26.4 Å². The van der Waals surface area contributed by atoms with Crippen molar-refractivity contribution in [3.63, 3.8) is 0 Å². The molecule has 34 heavy (non-hydrogen) atoms. The smallest absolute Gasteiger partial charge is 0.305 e. The molecule has 3 aromatic rings. The molecule has 0 radical (unpaired) electrons. The minimum Gasteiger partial charge on any atom is -0.497 e. The maximum absolute atomic E-state index is 13.7. The summed E-state index contributed by atoms with van der Waals surface area (Å²) in [6.07, 6.45) is -1.22.